The van der Waals surface area contributed by atoms with Crippen LogP contribution in [0, 0.1) is 6.92 Å². The van der Waals surface area contributed by atoms with Gasteiger partial charge in [-0.1, -0.05) is 31.5 Å². The van der Waals surface area contributed by atoms with Crippen molar-refractivity contribution < 1.29 is 4.74 Å². The van der Waals surface area contributed by atoms with Crippen molar-refractivity contribution in [2.45, 2.75) is 58.9 Å². The Morgan fingerprint density at radius 3 is 2.72 bits per heavy atom. The highest BCUT2D eigenvalue weighted by Crippen LogP contribution is 2.22. The van der Waals surface area contributed by atoms with E-state index in [1.807, 2.05) is 0 Å². The predicted octanol–water partition coefficient (Wildman–Crippen LogP) is 3.84. The largest absolute Gasteiger partial charge is 0.493 e. The Labute approximate surface area is 112 Å². The van der Waals surface area contributed by atoms with E-state index in [2.05, 4.69) is 39.0 Å². The molecule has 1 rings (SSSR count). The zero-order valence-electron chi connectivity index (χ0n) is 12.0. The predicted molar refractivity (Wildman–Crippen MR) is 78.2 cm³/mol. The van der Waals surface area contributed by atoms with Gasteiger partial charge in [-0.3, -0.25) is 0 Å². The van der Waals surface area contributed by atoms with Crippen LogP contribution in [0.4, 0.5) is 0 Å². The van der Waals surface area contributed by atoms with Crippen LogP contribution in [0.2, 0.25) is 0 Å². The summed E-state index contributed by atoms with van der Waals surface area (Å²) in [5.41, 5.74) is 8.58. The fraction of sp³-hybridized carbons (Fsp3) is 0.625. The average Bonchev–Trinajstić information content (AvgIpc) is 2.37. The lowest BCUT2D eigenvalue weighted by Crippen LogP contribution is -2.18. The normalized spacial score (nSPS) is 12.4. The summed E-state index contributed by atoms with van der Waals surface area (Å²) in [5.74, 6) is 1.05. The molecule has 0 radical (unpaired) electrons. The second-order valence-corrected chi connectivity index (χ2v) is 5.02. The second-order valence-electron chi connectivity index (χ2n) is 5.02. The van der Waals surface area contributed by atoms with Crippen LogP contribution in [0.5, 0.6) is 5.75 Å². The van der Waals surface area contributed by atoms with Crippen molar-refractivity contribution in [2.75, 3.05) is 6.61 Å². The van der Waals surface area contributed by atoms with E-state index in [1.165, 1.54) is 11.1 Å². The topological polar surface area (TPSA) is 35.2 Å². The zero-order chi connectivity index (χ0) is 13.4. The van der Waals surface area contributed by atoms with Gasteiger partial charge in [0.15, 0.2) is 0 Å². The van der Waals surface area contributed by atoms with Gasteiger partial charge in [-0.15, -0.1) is 0 Å². The van der Waals surface area contributed by atoms with Gasteiger partial charge in [0, 0.05) is 6.04 Å². The minimum absolute atomic E-state index is 0.342. The van der Waals surface area contributed by atoms with Gasteiger partial charge in [0.2, 0.25) is 0 Å². The van der Waals surface area contributed by atoms with Gasteiger partial charge in [-0.25, -0.2) is 0 Å². The summed E-state index contributed by atoms with van der Waals surface area (Å²) < 4.78 is 5.79. The second kappa shape index (κ2) is 8.15. The molecule has 0 amide bonds. The van der Waals surface area contributed by atoms with Crippen LogP contribution in [0.3, 0.4) is 0 Å². The quantitative estimate of drug-likeness (QED) is 0.759. The smallest absolute Gasteiger partial charge is 0.122 e. The molecule has 18 heavy (non-hydrogen) atoms. The fourth-order valence-corrected chi connectivity index (χ4v) is 2.02. The van der Waals surface area contributed by atoms with Gasteiger partial charge < -0.3 is 10.5 Å². The molecule has 0 aromatic heterocycles. The number of hydrogen-bond donors (Lipinski definition) is 1. The third-order valence-electron chi connectivity index (χ3n) is 3.22. The average molecular weight is 249 g/mol. The molecule has 0 aliphatic carbocycles. The number of hydrogen-bond acceptors (Lipinski definition) is 2. The lowest BCUT2D eigenvalue weighted by atomic mass is 10.0. The summed E-state index contributed by atoms with van der Waals surface area (Å²) in [6, 6.07) is 6.80. The lowest BCUT2D eigenvalue weighted by molar-refractivity contribution is 0.313. The minimum Gasteiger partial charge on any atom is -0.493 e. The van der Waals surface area contributed by atoms with Gasteiger partial charge in [0.25, 0.3) is 0 Å². The first-order valence-corrected chi connectivity index (χ1v) is 7.15. The molecule has 0 aliphatic heterocycles. The Morgan fingerprint density at radius 1 is 1.28 bits per heavy atom. The number of rotatable bonds is 8. The van der Waals surface area contributed by atoms with E-state index in [-0.39, 0.29) is 0 Å². The van der Waals surface area contributed by atoms with Crippen LogP contribution in [0.1, 0.15) is 50.7 Å². The molecule has 1 aromatic rings. The van der Waals surface area contributed by atoms with E-state index in [0.29, 0.717) is 6.04 Å². The van der Waals surface area contributed by atoms with Crippen molar-refractivity contribution in [3.63, 3.8) is 0 Å². The molecular formula is C16H27NO. The van der Waals surface area contributed by atoms with Crippen LogP contribution in [0.25, 0.3) is 0 Å². The Hall–Kier alpha value is -1.02. The molecule has 0 bridgehead atoms. The number of aryl methyl sites for hydroxylation is 2. The van der Waals surface area contributed by atoms with Crippen LogP contribution in [0.15, 0.2) is 18.2 Å². The van der Waals surface area contributed by atoms with E-state index in [9.17, 15) is 0 Å². The summed E-state index contributed by atoms with van der Waals surface area (Å²) in [6.07, 6.45) is 5.41. The van der Waals surface area contributed by atoms with E-state index in [4.69, 9.17) is 10.5 Å². The third-order valence-corrected chi connectivity index (χ3v) is 3.22. The highest BCUT2D eigenvalue weighted by atomic mass is 16.5. The maximum atomic E-state index is 5.95. The zero-order valence-corrected chi connectivity index (χ0v) is 12.0. The van der Waals surface area contributed by atoms with E-state index >= 15 is 0 Å². The van der Waals surface area contributed by atoms with Gasteiger partial charge in [-0.2, -0.15) is 0 Å². The van der Waals surface area contributed by atoms with Crippen LogP contribution >= 0.6 is 0 Å². The van der Waals surface area contributed by atoms with Crippen LogP contribution < -0.4 is 10.5 Å². The molecule has 1 aromatic carbocycles. The summed E-state index contributed by atoms with van der Waals surface area (Å²) in [4.78, 5) is 0. The highest BCUT2D eigenvalue weighted by Gasteiger charge is 2.05. The molecule has 102 valence electrons. The number of nitrogens with two attached hydrogens (primary N) is 1. The summed E-state index contributed by atoms with van der Waals surface area (Å²) >= 11 is 0. The highest BCUT2D eigenvalue weighted by molar-refractivity contribution is 5.37. The number of benzene rings is 1. The molecule has 0 fully saturated rings. The third kappa shape index (κ3) is 5.09. The van der Waals surface area contributed by atoms with Crippen molar-refractivity contribution in [3.8, 4) is 5.75 Å². The maximum Gasteiger partial charge on any atom is 0.122 e. The molecule has 0 spiro atoms. The molecule has 0 saturated carbocycles. The Bertz CT molecular complexity index is 349. The molecule has 1 atom stereocenters. The van der Waals surface area contributed by atoms with Crippen molar-refractivity contribution in [2.24, 2.45) is 5.73 Å². The Morgan fingerprint density at radius 2 is 2.06 bits per heavy atom. The molecule has 0 aliphatic rings. The van der Waals surface area contributed by atoms with Crippen LogP contribution in [-0.4, -0.2) is 12.6 Å². The summed E-state index contributed by atoms with van der Waals surface area (Å²) in [5, 5.41) is 0. The molecule has 2 heteroatoms. The molecule has 1 unspecified atom stereocenters. The van der Waals surface area contributed by atoms with Crippen molar-refractivity contribution in [1.29, 1.82) is 0 Å². The molecule has 2 nitrogen and oxygen atoms in total. The molecular weight excluding hydrogens is 222 g/mol. The minimum atomic E-state index is 0.342. The molecule has 0 saturated heterocycles. The monoisotopic (exact) mass is 249 g/mol. The summed E-state index contributed by atoms with van der Waals surface area (Å²) in [6.45, 7) is 7.21. The number of ether oxygens (including phenoxy) is 1. The van der Waals surface area contributed by atoms with Gasteiger partial charge >= 0.3 is 0 Å². The lowest BCUT2D eigenvalue weighted by Gasteiger charge is -2.13. The first-order chi connectivity index (χ1) is 8.67. The van der Waals surface area contributed by atoms with Crippen LogP contribution in [-0.2, 0) is 6.42 Å². The molecule has 0 heterocycles. The standard InChI is InChI=1S/C16H27NO/c1-4-11-18-16-10-9-13(3)12-14(16)7-6-8-15(17)5-2/h9-10,12,15H,4-8,11,17H2,1-3H3. The fourth-order valence-electron chi connectivity index (χ4n) is 2.02. The summed E-state index contributed by atoms with van der Waals surface area (Å²) in [7, 11) is 0. The Balaban J connectivity index is 2.58. The van der Waals surface area contributed by atoms with E-state index < -0.39 is 0 Å². The first kappa shape index (κ1) is 15.0. The van der Waals surface area contributed by atoms with Crippen molar-refractivity contribution in [1.82, 2.24) is 0 Å². The van der Waals surface area contributed by atoms with E-state index in [1.54, 1.807) is 0 Å². The Kier molecular flexibility index (Phi) is 6.81. The maximum absolute atomic E-state index is 5.95. The van der Waals surface area contributed by atoms with Gasteiger partial charge in [-0.05, 0) is 50.7 Å². The molecule has 2 N–H and O–H groups in total. The van der Waals surface area contributed by atoms with Gasteiger partial charge in [0.05, 0.1) is 6.61 Å². The van der Waals surface area contributed by atoms with Gasteiger partial charge in [0.1, 0.15) is 5.75 Å². The van der Waals surface area contributed by atoms with Crippen molar-refractivity contribution >= 4 is 0 Å². The first-order valence-electron chi connectivity index (χ1n) is 7.15. The van der Waals surface area contributed by atoms with E-state index in [0.717, 1.165) is 44.5 Å². The van der Waals surface area contributed by atoms with Crippen molar-refractivity contribution in [3.05, 3.63) is 29.3 Å². The SMILES string of the molecule is CCCOc1ccc(C)cc1CCCC(N)CC.